The maximum absolute atomic E-state index is 12.5. The SMILES string of the molecule is CC1CCc2c(sc(NC(=O)CCC(=O)Nc3sc4c(c3C#N)CCC(C)C4)c2C#N)C1. The molecule has 2 N–H and O–H groups in total. The van der Waals surface area contributed by atoms with Crippen molar-refractivity contribution in [3.63, 3.8) is 0 Å². The highest BCUT2D eigenvalue weighted by Gasteiger charge is 2.26. The molecule has 166 valence electrons. The summed E-state index contributed by atoms with van der Waals surface area (Å²) in [6.07, 6.45) is 5.80. The van der Waals surface area contributed by atoms with E-state index in [-0.39, 0.29) is 24.7 Å². The molecule has 0 radical (unpaired) electrons. The highest BCUT2D eigenvalue weighted by atomic mass is 32.1. The Balaban J connectivity index is 1.36. The third-order valence-corrected chi connectivity index (χ3v) is 8.67. The van der Waals surface area contributed by atoms with Crippen LogP contribution in [0.25, 0.3) is 0 Å². The summed E-state index contributed by atoms with van der Waals surface area (Å²) in [6.45, 7) is 4.40. The maximum Gasteiger partial charge on any atom is 0.225 e. The highest BCUT2D eigenvalue weighted by Crippen LogP contribution is 2.40. The molecule has 2 aliphatic rings. The van der Waals surface area contributed by atoms with Gasteiger partial charge in [0, 0.05) is 22.6 Å². The summed E-state index contributed by atoms with van der Waals surface area (Å²) >= 11 is 2.97. The molecule has 0 fully saturated rings. The van der Waals surface area contributed by atoms with Crippen LogP contribution in [0, 0.1) is 34.5 Å². The molecule has 2 amide bonds. The minimum atomic E-state index is -0.275. The number of carbonyl (C=O) groups is 2. The number of anilines is 2. The van der Waals surface area contributed by atoms with E-state index in [9.17, 15) is 20.1 Å². The average molecular weight is 467 g/mol. The first kappa shape index (κ1) is 22.5. The average Bonchev–Trinajstić information content (AvgIpc) is 3.27. The predicted octanol–water partition coefficient (Wildman–Crippen LogP) is 5.16. The van der Waals surface area contributed by atoms with Crippen LogP contribution in [-0.4, -0.2) is 11.8 Å². The van der Waals surface area contributed by atoms with Gasteiger partial charge in [-0.1, -0.05) is 13.8 Å². The van der Waals surface area contributed by atoms with Crippen molar-refractivity contribution in [3.8, 4) is 12.1 Å². The van der Waals surface area contributed by atoms with E-state index in [0.29, 0.717) is 33.0 Å². The number of nitrogens with zero attached hydrogens (tertiary/aromatic N) is 2. The molecule has 0 aliphatic heterocycles. The van der Waals surface area contributed by atoms with Crippen LogP contribution in [-0.2, 0) is 35.3 Å². The van der Waals surface area contributed by atoms with Crippen molar-refractivity contribution in [2.45, 2.75) is 65.2 Å². The molecule has 0 bridgehead atoms. The number of hydrogen-bond acceptors (Lipinski definition) is 6. The van der Waals surface area contributed by atoms with Crippen molar-refractivity contribution in [2.75, 3.05) is 10.6 Å². The second kappa shape index (κ2) is 9.44. The van der Waals surface area contributed by atoms with E-state index in [4.69, 9.17) is 0 Å². The molecular formula is C24H26N4O2S2. The second-order valence-corrected chi connectivity index (χ2v) is 11.1. The zero-order valence-corrected chi connectivity index (χ0v) is 20.0. The Morgan fingerprint density at radius 3 is 1.62 bits per heavy atom. The Morgan fingerprint density at radius 1 is 0.844 bits per heavy atom. The van der Waals surface area contributed by atoms with Gasteiger partial charge in [-0.3, -0.25) is 9.59 Å². The Labute approximate surface area is 196 Å². The van der Waals surface area contributed by atoms with Gasteiger partial charge >= 0.3 is 0 Å². The normalized spacial score (nSPS) is 19.2. The molecule has 2 atom stereocenters. The number of amides is 2. The third kappa shape index (κ3) is 4.57. The lowest BCUT2D eigenvalue weighted by molar-refractivity contribution is -0.121. The summed E-state index contributed by atoms with van der Waals surface area (Å²) in [5, 5.41) is 26.0. The quantitative estimate of drug-likeness (QED) is 0.635. The summed E-state index contributed by atoms with van der Waals surface area (Å²) in [6, 6.07) is 4.50. The minimum Gasteiger partial charge on any atom is -0.317 e. The Bertz CT molecular complexity index is 1060. The molecule has 32 heavy (non-hydrogen) atoms. The molecule has 8 heteroatoms. The summed E-state index contributed by atoms with van der Waals surface area (Å²) in [7, 11) is 0. The maximum atomic E-state index is 12.5. The van der Waals surface area contributed by atoms with Gasteiger partial charge in [0.25, 0.3) is 0 Å². The van der Waals surface area contributed by atoms with E-state index in [1.165, 1.54) is 32.4 Å². The number of hydrogen-bond donors (Lipinski definition) is 2. The van der Waals surface area contributed by atoms with Crippen LogP contribution in [0.1, 0.15) is 71.5 Å². The minimum absolute atomic E-state index is 0.0275. The number of carbonyl (C=O) groups excluding carboxylic acids is 2. The predicted molar refractivity (Wildman–Crippen MR) is 127 cm³/mol. The first-order valence-electron chi connectivity index (χ1n) is 11.1. The Hall–Kier alpha value is -2.68. The highest BCUT2D eigenvalue weighted by molar-refractivity contribution is 7.17. The molecule has 2 aromatic rings. The van der Waals surface area contributed by atoms with Crippen LogP contribution in [0.2, 0.25) is 0 Å². The zero-order valence-electron chi connectivity index (χ0n) is 18.3. The molecule has 2 heterocycles. The lowest BCUT2D eigenvalue weighted by Gasteiger charge is -2.17. The van der Waals surface area contributed by atoms with Gasteiger partial charge in [-0.2, -0.15) is 10.5 Å². The molecule has 2 aromatic heterocycles. The molecule has 0 saturated carbocycles. The van der Waals surface area contributed by atoms with Gasteiger partial charge in [0.05, 0.1) is 11.1 Å². The summed E-state index contributed by atoms with van der Waals surface area (Å²) in [4.78, 5) is 27.4. The first-order valence-corrected chi connectivity index (χ1v) is 12.7. The van der Waals surface area contributed by atoms with Crippen LogP contribution in [0.4, 0.5) is 10.0 Å². The van der Waals surface area contributed by atoms with Gasteiger partial charge in [0.15, 0.2) is 0 Å². The summed E-state index contributed by atoms with van der Waals surface area (Å²) < 4.78 is 0. The van der Waals surface area contributed by atoms with Gasteiger partial charge in [0.1, 0.15) is 22.1 Å². The standard InChI is InChI=1S/C24H26N4O2S2/c1-13-3-5-15-17(11-25)23(31-19(15)9-13)27-21(29)7-8-22(30)28-24-18(12-26)16-6-4-14(2)10-20(16)32-24/h13-14H,3-10H2,1-2H3,(H,27,29)(H,28,30). The van der Waals surface area contributed by atoms with Gasteiger partial charge in [-0.05, 0) is 61.5 Å². The topological polar surface area (TPSA) is 106 Å². The fourth-order valence-electron chi connectivity index (χ4n) is 4.52. The largest absolute Gasteiger partial charge is 0.317 e. The van der Waals surface area contributed by atoms with Crippen molar-refractivity contribution in [2.24, 2.45) is 11.8 Å². The number of thiophene rings is 2. The number of nitrogens with one attached hydrogen (secondary N) is 2. The van der Waals surface area contributed by atoms with E-state index in [1.54, 1.807) is 0 Å². The number of nitriles is 2. The second-order valence-electron chi connectivity index (χ2n) is 8.93. The Kier molecular flexibility index (Phi) is 6.64. The lowest BCUT2D eigenvalue weighted by Crippen LogP contribution is -2.17. The van der Waals surface area contributed by atoms with Gasteiger partial charge < -0.3 is 10.6 Å². The van der Waals surface area contributed by atoms with E-state index in [1.807, 2.05) is 0 Å². The van der Waals surface area contributed by atoms with E-state index in [0.717, 1.165) is 49.7 Å². The first-order chi connectivity index (χ1) is 15.4. The third-order valence-electron chi connectivity index (χ3n) is 6.33. The molecule has 2 aliphatic carbocycles. The molecular weight excluding hydrogens is 440 g/mol. The monoisotopic (exact) mass is 466 g/mol. The summed E-state index contributed by atoms with van der Waals surface area (Å²) in [5.74, 6) is 0.625. The van der Waals surface area contributed by atoms with Crippen LogP contribution >= 0.6 is 22.7 Å². The van der Waals surface area contributed by atoms with Gasteiger partial charge in [-0.15, -0.1) is 22.7 Å². The zero-order chi connectivity index (χ0) is 22.8. The fourth-order valence-corrected chi connectivity index (χ4v) is 7.27. The molecule has 4 rings (SSSR count). The number of rotatable bonds is 5. The lowest BCUT2D eigenvalue weighted by atomic mass is 9.88. The smallest absolute Gasteiger partial charge is 0.225 e. The van der Waals surface area contributed by atoms with Crippen LogP contribution in [0.15, 0.2) is 0 Å². The van der Waals surface area contributed by atoms with Crippen molar-refractivity contribution in [1.29, 1.82) is 10.5 Å². The van der Waals surface area contributed by atoms with Crippen molar-refractivity contribution >= 4 is 44.5 Å². The van der Waals surface area contributed by atoms with Crippen molar-refractivity contribution in [1.82, 2.24) is 0 Å². The molecule has 0 aromatic carbocycles. The molecule has 0 spiro atoms. The van der Waals surface area contributed by atoms with Crippen LogP contribution < -0.4 is 10.6 Å². The summed E-state index contributed by atoms with van der Waals surface area (Å²) in [5.41, 5.74) is 3.30. The van der Waals surface area contributed by atoms with Crippen LogP contribution in [0.3, 0.4) is 0 Å². The molecule has 0 saturated heterocycles. The van der Waals surface area contributed by atoms with Gasteiger partial charge in [-0.25, -0.2) is 0 Å². The molecule has 6 nitrogen and oxygen atoms in total. The fraction of sp³-hybridized carbons (Fsp3) is 0.500. The van der Waals surface area contributed by atoms with E-state index >= 15 is 0 Å². The number of fused-ring (bicyclic) bond motifs is 2. The van der Waals surface area contributed by atoms with Crippen LogP contribution in [0.5, 0.6) is 0 Å². The van der Waals surface area contributed by atoms with Gasteiger partial charge in [0.2, 0.25) is 11.8 Å². The van der Waals surface area contributed by atoms with E-state index < -0.39 is 0 Å². The Morgan fingerprint density at radius 2 is 1.25 bits per heavy atom. The van der Waals surface area contributed by atoms with Crippen molar-refractivity contribution in [3.05, 3.63) is 32.0 Å². The van der Waals surface area contributed by atoms with E-state index in [2.05, 4.69) is 36.6 Å². The van der Waals surface area contributed by atoms with Crippen molar-refractivity contribution < 1.29 is 9.59 Å². The molecule has 2 unspecified atom stereocenters.